The molecule has 1 aromatic heterocycles. The lowest BCUT2D eigenvalue weighted by molar-refractivity contribution is 0.259. The van der Waals surface area contributed by atoms with Gasteiger partial charge in [-0.25, -0.2) is 4.98 Å². The predicted octanol–water partition coefficient (Wildman–Crippen LogP) is 4.10. The summed E-state index contributed by atoms with van der Waals surface area (Å²) in [6, 6.07) is 10.4. The van der Waals surface area contributed by atoms with Crippen LogP contribution in [0, 0.1) is 0 Å². The van der Waals surface area contributed by atoms with E-state index in [4.69, 9.17) is 16.3 Å². The molecular weight excluding hydrogens is 296 g/mol. The maximum Gasteiger partial charge on any atom is 0.138 e. The highest BCUT2D eigenvalue weighted by molar-refractivity contribution is 6.32. The molecule has 3 rings (SSSR count). The summed E-state index contributed by atoms with van der Waals surface area (Å²) in [6.45, 7) is 2.81. The molecule has 0 amide bonds. The summed E-state index contributed by atoms with van der Waals surface area (Å²) in [4.78, 5) is 4.26. The van der Waals surface area contributed by atoms with Gasteiger partial charge < -0.3 is 10.1 Å². The molecule has 3 nitrogen and oxygen atoms in total. The predicted molar refractivity (Wildman–Crippen MR) is 90.6 cm³/mol. The highest BCUT2D eigenvalue weighted by Gasteiger charge is 2.41. The van der Waals surface area contributed by atoms with Crippen LogP contribution in [-0.4, -0.2) is 24.2 Å². The van der Waals surface area contributed by atoms with Crippen molar-refractivity contribution in [2.45, 2.75) is 31.7 Å². The summed E-state index contributed by atoms with van der Waals surface area (Å²) < 4.78 is 5.90. The van der Waals surface area contributed by atoms with Crippen LogP contribution < -0.4 is 10.1 Å². The molecule has 4 heteroatoms. The van der Waals surface area contributed by atoms with Gasteiger partial charge >= 0.3 is 0 Å². The summed E-state index contributed by atoms with van der Waals surface area (Å²) in [5.41, 5.74) is 3.44. The molecule has 0 radical (unpaired) electrons. The number of nitrogens with zero attached hydrogens (tertiary/aromatic N) is 1. The molecule has 1 fully saturated rings. The van der Waals surface area contributed by atoms with Crippen molar-refractivity contribution in [3.05, 3.63) is 47.2 Å². The Balaban J connectivity index is 1.79. The average Bonchev–Trinajstić information content (AvgIpc) is 3.35. The van der Waals surface area contributed by atoms with Crippen LogP contribution in [0.5, 0.6) is 5.75 Å². The Morgan fingerprint density at radius 1 is 1.27 bits per heavy atom. The fraction of sp³-hybridized carbons (Fsp3) is 0.389. The Kier molecular flexibility index (Phi) is 4.37. The molecule has 1 aliphatic carbocycles. The van der Waals surface area contributed by atoms with E-state index in [0.29, 0.717) is 11.8 Å². The third-order valence-electron chi connectivity index (χ3n) is 4.39. The first kappa shape index (κ1) is 15.3. The van der Waals surface area contributed by atoms with Crippen molar-refractivity contribution in [2.75, 3.05) is 13.7 Å². The smallest absolute Gasteiger partial charge is 0.138 e. The van der Waals surface area contributed by atoms with Gasteiger partial charge in [-0.2, -0.15) is 0 Å². The maximum absolute atomic E-state index is 6.26. The van der Waals surface area contributed by atoms with E-state index in [9.17, 15) is 0 Å². The van der Waals surface area contributed by atoms with E-state index in [1.807, 2.05) is 13.1 Å². The van der Waals surface area contributed by atoms with Gasteiger partial charge in [-0.15, -0.1) is 0 Å². The summed E-state index contributed by atoms with van der Waals surface area (Å²) >= 11 is 6.26. The van der Waals surface area contributed by atoms with Crippen LogP contribution >= 0.6 is 11.6 Å². The lowest BCUT2D eigenvalue weighted by atomic mass is 10.0. The molecular formula is C18H21ClN2O. The minimum absolute atomic E-state index is 0.155. The number of likely N-dealkylation sites (N-methyl/N-ethyl adjacent to an activating group) is 1. The van der Waals surface area contributed by atoms with Crippen molar-refractivity contribution in [1.82, 2.24) is 10.3 Å². The lowest BCUT2D eigenvalue weighted by Gasteiger charge is -2.16. The average molecular weight is 317 g/mol. The van der Waals surface area contributed by atoms with Crippen LogP contribution in [0.15, 0.2) is 36.5 Å². The third-order valence-corrected chi connectivity index (χ3v) is 4.69. The van der Waals surface area contributed by atoms with Crippen LogP contribution in [0.4, 0.5) is 0 Å². The second-order valence-corrected chi connectivity index (χ2v) is 6.24. The van der Waals surface area contributed by atoms with E-state index in [0.717, 1.165) is 36.1 Å². The van der Waals surface area contributed by atoms with E-state index < -0.39 is 0 Å². The van der Waals surface area contributed by atoms with Gasteiger partial charge in [-0.3, -0.25) is 0 Å². The van der Waals surface area contributed by atoms with Crippen LogP contribution in [0.3, 0.4) is 0 Å². The van der Waals surface area contributed by atoms with Crippen molar-refractivity contribution in [3.63, 3.8) is 0 Å². The molecule has 22 heavy (non-hydrogen) atoms. The Morgan fingerprint density at radius 2 is 2.00 bits per heavy atom. The number of ether oxygens (including phenoxy) is 1. The molecule has 1 aromatic carbocycles. The van der Waals surface area contributed by atoms with E-state index in [2.05, 4.69) is 41.5 Å². The van der Waals surface area contributed by atoms with Gasteiger partial charge in [-0.1, -0.05) is 42.8 Å². The van der Waals surface area contributed by atoms with Gasteiger partial charge in [0.25, 0.3) is 0 Å². The van der Waals surface area contributed by atoms with Crippen molar-refractivity contribution in [3.8, 4) is 16.9 Å². The zero-order chi connectivity index (χ0) is 15.6. The molecule has 0 aliphatic heterocycles. The van der Waals surface area contributed by atoms with Crippen LogP contribution in [0.25, 0.3) is 11.1 Å². The fourth-order valence-electron chi connectivity index (χ4n) is 2.47. The molecule has 0 unspecified atom stereocenters. The number of aryl methyl sites for hydroxylation is 1. The highest BCUT2D eigenvalue weighted by Crippen LogP contribution is 2.36. The number of rotatable bonds is 6. The molecule has 1 aliphatic rings. The van der Waals surface area contributed by atoms with E-state index >= 15 is 0 Å². The summed E-state index contributed by atoms with van der Waals surface area (Å²) in [5.74, 6) is 0.764. The number of hydrogen-bond acceptors (Lipinski definition) is 3. The number of pyridine rings is 1. The van der Waals surface area contributed by atoms with Gasteiger partial charge in [0.05, 0.1) is 11.7 Å². The number of benzene rings is 1. The monoisotopic (exact) mass is 316 g/mol. The van der Waals surface area contributed by atoms with Gasteiger partial charge in [-0.05, 0) is 43.5 Å². The van der Waals surface area contributed by atoms with Gasteiger partial charge in [0.1, 0.15) is 17.5 Å². The fourth-order valence-corrected chi connectivity index (χ4v) is 2.68. The molecule has 116 valence electrons. The molecule has 1 heterocycles. The third kappa shape index (κ3) is 3.26. The second-order valence-electron chi connectivity index (χ2n) is 5.88. The standard InChI is InChI=1S/C18H21ClN2O/c1-3-13-4-6-14(7-5-13)16-10-15(11-21-17(16)19)22-12-18(20-2)8-9-18/h4-7,10-11,20H,3,8-9,12H2,1-2H3. The zero-order valence-corrected chi connectivity index (χ0v) is 13.8. The number of nitrogens with one attached hydrogen (secondary N) is 1. The topological polar surface area (TPSA) is 34.1 Å². The number of aromatic nitrogens is 1. The molecule has 1 saturated carbocycles. The molecule has 0 saturated heterocycles. The summed E-state index contributed by atoms with van der Waals surface area (Å²) in [6.07, 6.45) is 5.05. The SMILES string of the molecule is CCc1ccc(-c2cc(OCC3(NC)CC3)cnc2Cl)cc1. The first-order valence-corrected chi connectivity index (χ1v) is 8.10. The highest BCUT2D eigenvalue weighted by atomic mass is 35.5. The van der Waals surface area contributed by atoms with Crippen molar-refractivity contribution < 1.29 is 4.74 Å². The van der Waals surface area contributed by atoms with Crippen LogP contribution in [0.1, 0.15) is 25.3 Å². The van der Waals surface area contributed by atoms with Crippen LogP contribution in [0.2, 0.25) is 5.15 Å². The lowest BCUT2D eigenvalue weighted by Crippen LogP contribution is -2.33. The molecule has 0 atom stereocenters. The molecule has 1 N–H and O–H groups in total. The summed E-state index contributed by atoms with van der Waals surface area (Å²) in [7, 11) is 1.98. The Bertz CT molecular complexity index is 651. The van der Waals surface area contributed by atoms with E-state index in [-0.39, 0.29) is 5.54 Å². The molecule has 2 aromatic rings. The number of halogens is 1. The quantitative estimate of drug-likeness (QED) is 0.815. The zero-order valence-electron chi connectivity index (χ0n) is 13.0. The Morgan fingerprint density at radius 3 is 2.59 bits per heavy atom. The van der Waals surface area contributed by atoms with Gasteiger partial charge in [0.2, 0.25) is 0 Å². The second kappa shape index (κ2) is 6.27. The number of hydrogen-bond donors (Lipinski definition) is 1. The Labute approximate surface area is 136 Å². The summed E-state index contributed by atoms with van der Waals surface area (Å²) in [5, 5.41) is 3.83. The normalized spacial score (nSPS) is 15.6. The largest absolute Gasteiger partial charge is 0.490 e. The van der Waals surface area contributed by atoms with Gasteiger partial charge in [0, 0.05) is 5.56 Å². The van der Waals surface area contributed by atoms with Crippen molar-refractivity contribution >= 4 is 11.6 Å². The first-order valence-electron chi connectivity index (χ1n) is 7.72. The van der Waals surface area contributed by atoms with E-state index in [1.54, 1.807) is 6.20 Å². The van der Waals surface area contributed by atoms with Crippen LogP contribution in [-0.2, 0) is 6.42 Å². The Hall–Kier alpha value is -1.58. The minimum Gasteiger partial charge on any atom is -0.490 e. The van der Waals surface area contributed by atoms with E-state index in [1.165, 1.54) is 5.56 Å². The van der Waals surface area contributed by atoms with Gasteiger partial charge in [0.15, 0.2) is 0 Å². The molecule has 0 spiro atoms. The van der Waals surface area contributed by atoms with Crippen molar-refractivity contribution in [1.29, 1.82) is 0 Å². The molecule has 0 bridgehead atoms. The maximum atomic E-state index is 6.26. The first-order chi connectivity index (χ1) is 10.7. The van der Waals surface area contributed by atoms with Crippen molar-refractivity contribution in [2.24, 2.45) is 0 Å². The minimum atomic E-state index is 0.155.